The Morgan fingerprint density at radius 1 is 1.25 bits per heavy atom. The first-order chi connectivity index (χ1) is 11.3. The number of amides is 1. The van der Waals surface area contributed by atoms with E-state index in [-0.39, 0.29) is 11.6 Å². The molecular formula is C15H17F2N3O3S. The van der Waals surface area contributed by atoms with Crippen molar-refractivity contribution in [2.75, 3.05) is 5.32 Å². The van der Waals surface area contributed by atoms with Crippen molar-refractivity contribution < 1.29 is 22.0 Å². The molecule has 0 radical (unpaired) electrons. The maximum absolute atomic E-state index is 12.5. The maximum Gasteiger partial charge on any atom is 0.341 e. The van der Waals surface area contributed by atoms with Crippen molar-refractivity contribution in [2.24, 2.45) is 0 Å². The molecule has 1 aromatic heterocycles. The standard InChI is InChI=1S/C15H17F2N3O3S/c1-3-10(2)20-13(8-9-18-20)19-14(21)11-4-6-12(7-5-11)24(22,23)15(16)17/h4-10,15H,3H2,1-2H3,(H,19,21). The fourth-order valence-electron chi connectivity index (χ4n) is 2.02. The van der Waals surface area contributed by atoms with E-state index in [0.717, 1.165) is 18.6 Å². The van der Waals surface area contributed by atoms with Crippen LogP contribution in [0.15, 0.2) is 41.4 Å². The average Bonchev–Trinajstić information content (AvgIpc) is 3.02. The third-order valence-corrected chi connectivity index (χ3v) is 5.00. The van der Waals surface area contributed by atoms with Gasteiger partial charge >= 0.3 is 5.76 Å². The van der Waals surface area contributed by atoms with Gasteiger partial charge in [-0.15, -0.1) is 0 Å². The Kier molecular flexibility index (Phi) is 5.33. The van der Waals surface area contributed by atoms with Crippen molar-refractivity contribution in [3.05, 3.63) is 42.1 Å². The summed E-state index contributed by atoms with van der Waals surface area (Å²) in [6.45, 7) is 3.94. The van der Waals surface area contributed by atoms with Gasteiger partial charge in [0.1, 0.15) is 5.82 Å². The molecule has 0 spiro atoms. The van der Waals surface area contributed by atoms with Crippen LogP contribution in [-0.4, -0.2) is 29.9 Å². The van der Waals surface area contributed by atoms with E-state index in [9.17, 15) is 22.0 Å². The normalized spacial score (nSPS) is 13.0. The zero-order valence-corrected chi connectivity index (χ0v) is 13.9. The summed E-state index contributed by atoms with van der Waals surface area (Å²) < 4.78 is 49.4. The molecule has 0 saturated carbocycles. The lowest BCUT2D eigenvalue weighted by molar-refractivity contribution is 0.102. The second-order valence-corrected chi connectivity index (χ2v) is 7.12. The van der Waals surface area contributed by atoms with Crippen molar-refractivity contribution in [2.45, 2.75) is 37.0 Å². The van der Waals surface area contributed by atoms with Crippen LogP contribution in [0.4, 0.5) is 14.6 Å². The van der Waals surface area contributed by atoms with Gasteiger partial charge in [0.05, 0.1) is 17.1 Å². The number of nitrogens with one attached hydrogen (secondary N) is 1. The largest absolute Gasteiger partial charge is 0.341 e. The predicted molar refractivity (Wildman–Crippen MR) is 84.8 cm³/mol. The first kappa shape index (κ1) is 18.1. The molecule has 24 heavy (non-hydrogen) atoms. The summed E-state index contributed by atoms with van der Waals surface area (Å²) in [5.74, 6) is -3.48. The highest BCUT2D eigenvalue weighted by Crippen LogP contribution is 2.20. The van der Waals surface area contributed by atoms with Crippen LogP contribution in [0.25, 0.3) is 0 Å². The number of benzene rings is 1. The van der Waals surface area contributed by atoms with Gasteiger partial charge in [-0.05, 0) is 37.6 Å². The van der Waals surface area contributed by atoms with E-state index in [1.54, 1.807) is 16.9 Å². The lowest BCUT2D eigenvalue weighted by atomic mass is 10.2. The second kappa shape index (κ2) is 7.08. The first-order valence-corrected chi connectivity index (χ1v) is 8.79. The van der Waals surface area contributed by atoms with Gasteiger partial charge in [0.25, 0.3) is 5.91 Å². The molecule has 1 atom stereocenters. The second-order valence-electron chi connectivity index (χ2n) is 5.20. The molecule has 0 aliphatic heterocycles. The highest BCUT2D eigenvalue weighted by molar-refractivity contribution is 7.91. The lowest BCUT2D eigenvalue weighted by Gasteiger charge is -2.14. The summed E-state index contributed by atoms with van der Waals surface area (Å²) >= 11 is 0. The Morgan fingerprint density at radius 3 is 2.42 bits per heavy atom. The Morgan fingerprint density at radius 2 is 1.88 bits per heavy atom. The molecule has 9 heteroatoms. The van der Waals surface area contributed by atoms with Gasteiger partial charge in [-0.3, -0.25) is 4.79 Å². The lowest BCUT2D eigenvalue weighted by Crippen LogP contribution is -2.18. The molecule has 1 heterocycles. The van der Waals surface area contributed by atoms with Gasteiger partial charge in [-0.25, -0.2) is 13.1 Å². The number of halogens is 2. The molecular weight excluding hydrogens is 340 g/mol. The highest BCUT2D eigenvalue weighted by atomic mass is 32.2. The van der Waals surface area contributed by atoms with E-state index in [4.69, 9.17) is 0 Å². The Bertz CT molecular complexity index is 817. The predicted octanol–water partition coefficient (Wildman–Crippen LogP) is 3.10. The number of carbonyl (C=O) groups excluding carboxylic acids is 1. The Labute approximate surface area is 138 Å². The third-order valence-electron chi connectivity index (χ3n) is 3.60. The fourth-order valence-corrected chi connectivity index (χ4v) is 2.75. The van der Waals surface area contributed by atoms with Crippen LogP contribution in [0.5, 0.6) is 0 Å². The van der Waals surface area contributed by atoms with Crippen LogP contribution >= 0.6 is 0 Å². The van der Waals surface area contributed by atoms with E-state index in [1.165, 1.54) is 12.1 Å². The molecule has 0 bridgehead atoms. The minimum atomic E-state index is -4.67. The first-order valence-electron chi connectivity index (χ1n) is 7.24. The molecule has 2 rings (SSSR count). The van der Waals surface area contributed by atoms with Crippen LogP contribution in [0, 0.1) is 0 Å². The summed E-state index contributed by atoms with van der Waals surface area (Å²) in [6, 6.07) is 6.09. The molecule has 1 amide bonds. The topological polar surface area (TPSA) is 81.1 Å². The van der Waals surface area contributed by atoms with Crippen LogP contribution in [0.1, 0.15) is 36.7 Å². The summed E-state index contributed by atoms with van der Waals surface area (Å²) in [4.78, 5) is 11.7. The number of anilines is 1. The average molecular weight is 357 g/mol. The molecule has 1 aromatic carbocycles. The van der Waals surface area contributed by atoms with E-state index in [1.807, 2.05) is 13.8 Å². The van der Waals surface area contributed by atoms with E-state index >= 15 is 0 Å². The maximum atomic E-state index is 12.5. The van der Waals surface area contributed by atoms with Gasteiger partial charge in [-0.1, -0.05) is 6.92 Å². The van der Waals surface area contributed by atoms with Crippen LogP contribution in [0.2, 0.25) is 0 Å². The van der Waals surface area contributed by atoms with Gasteiger partial charge in [0.2, 0.25) is 9.84 Å². The van der Waals surface area contributed by atoms with Crippen LogP contribution in [-0.2, 0) is 9.84 Å². The van der Waals surface area contributed by atoms with Crippen molar-refractivity contribution in [1.29, 1.82) is 0 Å². The quantitative estimate of drug-likeness (QED) is 0.861. The zero-order chi connectivity index (χ0) is 17.9. The van der Waals surface area contributed by atoms with Crippen molar-refractivity contribution in [3.63, 3.8) is 0 Å². The van der Waals surface area contributed by atoms with Crippen molar-refractivity contribution in [1.82, 2.24) is 9.78 Å². The molecule has 0 aliphatic rings. The van der Waals surface area contributed by atoms with Crippen molar-refractivity contribution in [3.8, 4) is 0 Å². The van der Waals surface area contributed by atoms with Gasteiger partial charge in [-0.2, -0.15) is 13.9 Å². The van der Waals surface area contributed by atoms with E-state index in [2.05, 4.69) is 10.4 Å². The number of hydrogen-bond donors (Lipinski definition) is 1. The number of hydrogen-bond acceptors (Lipinski definition) is 4. The highest BCUT2D eigenvalue weighted by Gasteiger charge is 2.26. The summed E-state index contributed by atoms with van der Waals surface area (Å²) in [5, 5.41) is 6.81. The summed E-state index contributed by atoms with van der Waals surface area (Å²) in [7, 11) is -4.67. The molecule has 1 unspecified atom stereocenters. The zero-order valence-electron chi connectivity index (χ0n) is 13.1. The molecule has 0 fully saturated rings. The number of rotatable bonds is 6. The monoisotopic (exact) mass is 357 g/mol. The van der Waals surface area contributed by atoms with Crippen molar-refractivity contribution >= 4 is 21.6 Å². The van der Waals surface area contributed by atoms with Crippen LogP contribution in [0.3, 0.4) is 0 Å². The third kappa shape index (κ3) is 3.61. The van der Waals surface area contributed by atoms with E-state index < -0.39 is 26.4 Å². The van der Waals surface area contributed by atoms with Crippen LogP contribution < -0.4 is 5.32 Å². The Hall–Kier alpha value is -2.29. The smallest absolute Gasteiger partial charge is 0.307 e. The fraction of sp³-hybridized carbons (Fsp3) is 0.333. The number of carbonyl (C=O) groups is 1. The number of aromatic nitrogens is 2. The number of nitrogens with zero attached hydrogens (tertiary/aromatic N) is 2. The molecule has 1 N–H and O–H groups in total. The SMILES string of the molecule is CCC(C)n1nccc1NC(=O)c1ccc(S(=O)(=O)C(F)F)cc1. The minimum Gasteiger partial charge on any atom is -0.307 e. The van der Waals surface area contributed by atoms with Gasteiger partial charge in [0, 0.05) is 11.6 Å². The van der Waals surface area contributed by atoms with E-state index in [0.29, 0.717) is 5.82 Å². The van der Waals surface area contributed by atoms with Gasteiger partial charge < -0.3 is 5.32 Å². The molecule has 0 aliphatic carbocycles. The Balaban J connectivity index is 2.19. The number of alkyl halides is 2. The van der Waals surface area contributed by atoms with Gasteiger partial charge in [0.15, 0.2) is 0 Å². The minimum absolute atomic E-state index is 0.0915. The summed E-state index contributed by atoms with van der Waals surface area (Å²) in [5.41, 5.74) is 0.153. The number of sulfone groups is 1. The molecule has 2 aromatic rings. The molecule has 130 valence electrons. The molecule has 0 saturated heterocycles. The molecule has 6 nitrogen and oxygen atoms in total. The summed E-state index contributed by atoms with van der Waals surface area (Å²) in [6.07, 6.45) is 2.38.